The standard InChI is InChI=1S/C28H36N2O9S/c31-20-9-6-12-22(16-20)40(34,35)30(39-21-10-4-5-11-21)17-25(32)24(15-19-7-2-1-3-8-19)29-28(33)38-26-18-37-27-23(26)13-14-36-27/h1-3,6-9,12,16,21,23-27,31-32H,4-5,10-11,13-15,17-18H2,(H,29,33)/t23-,24?,25+,26?,27?/m0/s1. The second-order valence-corrected chi connectivity index (χ2v) is 12.3. The minimum atomic E-state index is -4.25. The average Bonchev–Trinajstić information content (AvgIpc) is 3.69. The minimum absolute atomic E-state index is 0.0500. The molecule has 2 aromatic rings. The van der Waals surface area contributed by atoms with Gasteiger partial charge in [-0.15, -0.1) is 0 Å². The molecule has 5 atom stereocenters. The number of amides is 1. The van der Waals surface area contributed by atoms with E-state index in [1.165, 1.54) is 18.2 Å². The molecule has 2 saturated heterocycles. The van der Waals surface area contributed by atoms with Gasteiger partial charge in [-0.1, -0.05) is 53.7 Å². The number of alkyl carbamates (subject to hydrolysis) is 1. The molecule has 0 spiro atoms. The third-order valence-corrected chi connectivity index (χ3v) is 9.22. The number of benzene rings is 2. The number of phenolic OH excluding ortho intramolecular Hbond substituents is 1. The molecule has 2 heterocycles. The monoisotopic (exact) mass is 576 g/mol. The molecule has 1 aliphatic carbocycles. The molecule has 5 rings (SSSR count). The van der Waals surface area contributed by atoms with Crippen LogP contribution in [0, 0.1) is 5.92 Å². The van der Waals surface area contributed by atoms with Crippen LogP contribution in [0.3, 0.4) is 0 Å². The Morgan fingerprint density at radius 3 is 2.60 bits per heavy atom. The molecule has 12 heteroatoms. The molecule has 1 amide bonds. The van der Waals surface area contributed by atoms with Crippen LogP contribution in [-0.2, 0) is 35.5 Å². The summed E-state index contributed by atoms with van der Waals surface area (Å²) in [6, 6.07) is 13.6. The number of phenols is 1. The van der Waals surface area contributed by atoms with Crippen molar-refractivity contribution < 1.29 is 42.5 Å². The fourth-order valence-electron chi connectivity index (χ4n) is 5.42. The van der Waals surface area contributed by atoms with Crippen molar-refractivity contribution in [1.29, 1.82) is 0 Å². The van der Waals surface area contributed by atoms with Crippen LogP contribution in [0.5, 0.6) is 5.75 Å². The maximum Gasteiger partial charge on any atom is 0.407 e. The van der Waals surface area contributed by atoms with E-state index in [0.717, 1.165) is 35.4 Å². The van der Waals surface area contributed by atoms with Crippen LogP contribution in [0.1, 0.15) is 37.7 Å². The summed E-state index contributed by atoms with van der Waals surface area (Å²) in [5, 5.41) is 24.0. The van der Waals surface area contributed by atoms with Crippen molar-refractivity contribution in [3.63, 3.8) is 0 Å². The number of carbonyl (C=O) groups is 1. The maximum absolute atomic E-state index is 13.6. The van der Waals surface area contributed by atoms with Crippen molar-refractivity contribution in [2.75, 3.05) is 19.8 Å². The molecular weight excluding hydrogens is 540 g/mol. The highest BCUT2D eigenvalue weighted by molar-refractivity contribution is 7.89. The molecule has 3 aliphatic rings. The molecule has 3 N–H and O–H groups in total. The van der Waals surface area contributed by atoms with Gasteiger partial charge in [0, 0.05) is 0 Å². The van der Waals surface area contributed by atoms with Gasteiger partial charge in [0.15, 0.2) is 6.29 Å². The second kappa shape index (κ2) is 12.8. The van der Waals surface area contributed by atoms with E-state index >= 15 is 0 Å². The lowest BCUT2D eigenvalue weighted by atomic mass is 10.0. The number of nitrogens with zero attached hydrogens (tertiary/aromatic N) is 1. The summed E-state index contributed by atoms with van der Waals surface area (Å²) >= 11 is 0. The van der Waals surface area contributed by atoms with Gasteiger partial charge < -0.3 is 29.7 Å². The Morgan fingerprint density at radius 1 is 1.07 bits per heavy atom. The van der Waals surface area contributed by atoms with Crippen molar-refractivity contribution >= 4 is 16.1 Å². The molecule has 2 aliphatic heterocycles. The minimum Gasteiger partial charge on any atom is -0.508 e. The Labute approximate surface area is 234 Å². The van der Waals surface area contributed by atoms with Crippen LogP contribution in [-0.4, -0.2) is 79.6 Å². The van der Waals surface area contributed by atoms with Gasteiger partial charge in [-0.3, -0.25) is 4.84 Å². The Morgan fingerprint density at radius 2 is 1.85 bits per heavy atom. The normalized spacial score (nSPS) is 24.6. The number of aromatic hydroxyl groups is 1. The van der Waals surface area contributed by atoms with Gasteiger partial charge in [-0.25, -0.2) is 13.2 Å². The summed E-state index contributed by atoms with van der Waals surface area (Å²) in [6.07, 6.45) is 0.866. The molecule has 2 aromatic carbocycles. The van der Waals surface area contributed by atoms with E-state index in [1.54, 1.807) is 0 Å². The van der Waals surface area contributed by atoms with Crippen LogP contribution >= 0.6 is 0 Å². The molecule has 3 fully saturated rings. The van der Waals surface area contributed by atoms with Gasteiger partial charge in [0.1, 0.15) is 11.9 Å². The van der Waals surface area contributed by atoms with Gasteiger partial charge in [0.05, 0.1) is 48.8 Å². The molecule has 218 valence electrons. The zero-order valence-corrected chi connectivity index (χ0v) is 22.9. The highest BCUT2D eigenvalue weighted by Crippen LogP contribution is 2.33. The highest BCUT2D eigenvalue weighted by Gasteiger charge is 2.44. The van der Waals surface area contributed by atoms with Gasteiger partial charge in [-0.05, 0) is 49.4 Å². The van der Waals surface area contributed by atoms with E-state index < -0.39 is 40.9 Å². The first-order valence-corrected chi connectivity index (χ1v) is 15.1. The number of rotatable bonds is 11. The predicted octanol–water partition coefficient (Wildman–Crippen LogP) is 2.72. The van der Waals surface area contributed by atoms with E-state index in [2.05, 4.69) is 5.32 Å². The van der Waals surface area contributed by atoms with Crippen LogP contribution in [0.2, 0.25) is 0 Å². The Balaban J connectivity index is 1.34. The first-order chi connectivity index (χ1) is 19.3. The number of hydrogen-bond acceptors (Lipinski definition) is 9. The number of sulfonamides is 1. The number of fused-ring (bicyclic) bond motifs is 1. The largest absolute Gasteiger partial charge is 0.508 e. The fourth-order valence-corrected chi connectivity index (χ4v) is 6.76. The average molecular weight is 577 g/mol. The zero-order valence-electron chi connectivity index (χ0n) is 22.1. The van der Waals surface area contributed by atoms with Gasteiger partial charge in [0.25, 0.3) is 10.0 Å². The lowest BCUT2D eigenvalue weighted by molar-refractivity contribution is -0.145. The highest BCUT2D eigenvalue weighted by atomic mass is 32.2. The van der Waals surface area contributed by atoms with E-state index in [0.29, 0.717) is 19.4 Å². The molecule has 0 aromatic heterocycles. The van der Waals surface area contributed by atoms with Crippen LogP contribution in [0.4, 0.5) is 4.79 Å². The van der Waals surface area contributed by atoms with Crippen molar-refractivity contribution in [2.45, 2.75) is 74.1 Å². The fraction of sp³-hybridized carbons (Fsp3) is 0.536. The summed E-state index contributed by atoms with van der Waals surface area (Å²) in [5.41, 5.74) is 0.833. The smallest absolute Gasteiger partial charge is 0.407 e. The Bertz CT molecular complexity index is 1240. The van der Waals surface area contributed by atoms with Crippen molar-refractivity contribution in [3.05, 3.63) is 60.2 Å². The van der Waals surface area contributed by atoms with Gasteiger partial charge >= 0.3 is 6.09 Å². The molecule has 0 radical (unpaired) electrons. The number of aliphatic hydroxyl groups excluding tert-OH is 1. The van der Waals surface area contributed by atoms with Crippen LogP contribution in [0.25, 0.3) is 0 Å². The molecule has 40 heavy (non-hydrogen) atoms. The second-order valence-electron chi connectivity index (χ2n) is 10.5. The van der Waals surface area contributed by atoms with E-state index in [4.69, 9.17) is 19.0 Å². The number of hydroxylamine groups is 1. The lowest BCUT2D eigenvalue weighted by Crippen LogP contribution is -2.51. The summed E-state index contributed by atoms with van der Waals surface area (Å²) in [7, 11) is -4.25. The van der Waals surface area contributed by atoms with Crippen molar-refractivity contribution in [1.82, 2.24) is 9.79 Å². The number of nitrogens with one attached hydrogen (secondary N) is 1. The molecular formula is C28H36N2O9S. The molecule has 11 nitrogen and oxygen atoms in total. The first-order valence-electron chi connectivity index (χ1n) is 13.7. The van der Waals surface area contributed by atoms with Crippen molar-refractivity contribution in [2.24, 2.45) is 5.92 Å². The van der Waals surface area contributed by atoms with E-state index in [9.17, 15) is 23.4 Å². The predicted molar refractivity (Wildman–Crippen MR) is 142 cm³/mol. The quantitative estimate of drug-likeness (QED) is 0.344. The maximum atomic E-state index is 13.6. The summed E-state index contributed by atoms with van der Waals surface area (Å²) in [4.78, 5) is 18.7. The lowest BCUT2D eigenvalue weighted by Gasteiger charge is -2.31. The van der Waals surface area contributed by atoms with Gasteiger partial charge in [-0.2, -0.15) is 0 Å². The van der Waals surface area contributed by atoms with Crippen LogP contribution < -0.4 is 5.32 Å². The molecule has 1 saturated carbocycles. The molecule has 0 bridgehead atoms. The SMILES string of the molecule is O=C(NC(Cc1ccccc1)[C@H](O)CN(OC1CCCC1)S(=O)(=O)c1cccc(O)c1)OC1COC2OCC[C@@H]12. The number of hydrogen-bond donors (Lipinski definition) is 3. The topological polar surface area (TPSA) is 144 Å². The number of ether oxygens (including phenoxy) is 3. The molecule has 3 unspecified atom stereocenters. The first kappa shape index (κ1) is 28.8. The zero-order chi connectivity index (χ0) is 28.1. The van der Waals surface area contributed by atoms with Gasteiger partial charge in [0.2, 0.25) is 0 Å². The van der Waals surface area contributed by atoms with E-state index in [-0.39, 0.29) is 42.0 Å². The van der Waals surface area contributed by atoms with E-state index in [1.807, 2.05) is 30.3 Å². The summed E-state index contributed by atoms with van der Waals surface area (Å²) in [5.74, 6) is -0.259. The third-order valence-electron chi connectivity index (χ3n) is 7.60. The summed E-state index contributed by atoms with van der Waals surface area (Å²) < 4.78 is 44.7. The Kier molecular flexibility index (Phi) is 9.24. The Hall–Kier alpha value is -2.74. The third kappa shape index (κ3) is 6.93. The van der Waals surface area contributed by atoms with Crippen molar-refractivity contribution in [3.8, 4) is 5.75 Å². The van der Waals surface area contributed by atoms with Crippen LogP contribution in [0.15, 0.2) is 59.5 Å². The number of aliphatic hydroxyl groups is 1. The summed E-state index contributed by atoms with van der Waals surface area (Å²) in [6.45, 7) is 0.313. The number of carbonyl (C=O) groups excluding carboxylic acids is 1.